The van der Waals surface area contributed by atoms with E-state index in [2.05, 4.69) is 22.3 Å². The molecule has 4 rings (SSSR count). The first kappa shape index (κ1) is 20.1. The molecule has 0 aliphatic carbocycles. The summed E-state index contributed by atoms with van der Waals surface area (Å²) in [6, 6.07) is 11.6. The molecular weight excluding hydrogens is 423 g/mol. The van der Waals surface area contributed by atoms with Crippen LogP contribution in [-0.2, 0) is 0 Å². The van der Waals surface area contributed by atoms with Crippen LogP contribution in [-0.4, -0.2) is 17.3 Å². The van der Waals surface area contributed by atoms with Crippen LogP contribution in [0.25, 0.3) is 11.3 Å². The Balaban J connectivity index is 2.04. The minimum Gasteiger partial charge on any atom is -0.495 e. The zero-order chi connectivity index (χ0) is 21.6. The summed E-state index contributed by atoms with van der Waals surface area (Å²) >= 11 is 12.7. The molecule has 2 aromatic carbocycles. The molecule has 30 heavy (non-hydrogen) atoms. The fourth-order valence-electron chi connectivity index (χ4n) is 3.87. The Morgan fingerprint density at radius 1 is 1.23 bits per heavy atom. The maximum Gasteiger partial charge on any atom is 0.244 e. The van der Waals surface area contributed by atoms with E-state index in [0.717, 1.165) is 22.4 Å². The number of ether oxygens (including phenoxy) is 2. The number of benzene rings is 2. The number of nitrogens with two attached hydrogens (primary N) is 1. The van der Waals surface area contributed by atoms with Crippen molar-refractivity contribution in [3.63, 3.8) is 0 Å². The Morgan fingerprint density at radius 2 is 2.00 bits per heavy atom. The van der Waals surface area contributed by atoms with Gasteiger partial charge in [0.15, 0.2) is 0 Å². The lowest BCUT2D eigenvalue weighted by atomic mass is 9.82. The van der Waals surface area contributed by atoms with Crippen LogP contribution >= 0.6 is 23.2 Å². The Morgan fingerprint density at radius 3 is 2.67 bits per heavy atom. The number of aromatic nitrogens is 2. The van der Waals surface area contributed by atoms with Crippen molar-refractivity contribution in [3.8, 4) is 29.0 Å². The van der Waals surface area contributed by atoms with Crippen LogP contribution in [0.2, 0.25) is 10.0 Å². The molecule has 0 saturated carbocycles. The van der Waals surface area contributed by atoms with E-state index in [-0.39, 0.29) is 11.5 Å². The van der Waals surface area contributed by atoms with Gasteiger partial charge in [0.1, 0.15) is 17.4 Å². The highest BCUT2D eigenvalue weighted by atomic mass is 35.5. The van der Waals surface area contributed by atoms with Crippen LogP contribution in [0.5, 0.6) is 11.6 Å². The minimum atomic E-state index is -0.626. The molecule has 0 fully saturated rings. The van der Waals surface area contributed by atoms with Gasteiger partial charge in [-0.1, -0.05) is 47.0 Å². The highest BCUT2D eigenvalue weighted by Crippen LogP contribution is 2.50. The second-order valence-electron chi connectivity index (χ2n) is 7.07. The molecule has 2 heterocycles. The summed E-state index contributed by atoms with van der Waals surface area (Å²) in [5.74, 6) is 0.0584. The number of aromatic amines is 1. The SMILES string of the molecule is COc1c(Cl)cc(Cl)cc1C1C(C#N)=C(N)Oc2n[nH]c(-c3ccc(C)cc3C)c21. The van der Waals surface area contributed by atoms with Crippen molar-refractivity contribution in [2.45, 2.75) is 19.8 Å². The maximum absolute atomic E-state index is 9.91. The third-order valence-electron chi connectivity index (χ3n) is 5.14. The molecule has 3 N–H and O–H groups in total. The number of hydrogen-bond acceptors (Lipinski definition) is 5. The van der Waals surface area contributed by atoms with Gasteiger partial charge in [0.25, 0.3) is 0 Å². The zero-order valence-electron chi connectivity index (χ0n) is 16.5. The van der Waals surface area contributed by atoms with Gasteiger partial charge in [0, 0.05) is 16.1 Å². The molecule has 1 unspecified atom stereocenters. The number of halogens is 2. The van der Waals surface area contributed by atoms with Crippen LogP contribution in [0.3, 0.4) is 0 Å². The summed E-state index contributed by atoms with van der Waals surface area (Å²) in [6.45, 7) is 4.04. The van der Waals surface area contributed by atoms with E-state index in [1.807, 2.05) is 26.0 Å². The molecule has 0 bridgehead atoms. The van der Waals surface area contributed by atoms with E-state index < -0.39 is 5.92 Å². The Hall–Kier alpha value is -3.14. The average Bonchev–Trinajstić information content (AvgIpc) is 3.09. The first-order chi connectivity index (χ1) is 14.3. The fourth-order valence-corrected chi connectivity index (χ4v) is 4.45. The molecular formula is C22H18Cl2N4O2. The molecule has 6 nitrogen and oxygen atoms in total. The van der Waals surface area contributed by atoms with Crippen molar-refractivity contribution in [1.82, 2.24) is 10.2 Å². The third kappa shape index (κ3) is 3.17. The quantitative estimate of drug-likeness (QED) is 0.580. The number of H-pyrrole nitrogens is 1. The second-order valence-corrected chi connectivity index (χ2v) is 7.91. The summed E-state index contributed by atoms with van der Waals surface area (Å²) in [4.78, 5) is 0. The van der Waals surface area contributed by atoms with Gasteiger partial charge >= 0.3 is 0 Å². The second kappa shape index (κ2) is 7.60. The topological polar surface area (TPSA) is 96.9 Å². The molecule has 152 valence electrons. The van der Waals surface area contributed by atoms with Gasteiger partial charge in [0.2, 0.25) is 11.8 Å². The van der Waals surface area contributed by atoms with E-state index in [9.17, 15) is 5.26 Å². The van der Waals surface area contributed by atoms with E-state index in [0.29, 0.717) is 32.8 Å². The molecule has 1 aromatic heterocycles. The smallest absolute Gasteiger partial charge is 0.244 e. The van der Waals surface area contributed by atoms with Gasteiger partial charge in [-0.3, -0.25) is 5.10 Å². The third-order valence-corrected chi connectivity index (χ3v) is 5.64. The number of nitriles is 1. The highest BCUT2D eigenvalue weighted by Gasteiger charge is 2.38. The molecule has 1 atom stereocenters. The lowest BCUT2D eigenvalue weighted by Gasteiger charge is -2.26. The maximum atomic E-state index is 9.91. The van der Waals surface area contributed by atoms with Crippen LogP contribution in [0, 0.1) is 25.2 Å². The number of rotatable bonds is 3. The minimum absolute atomic E-state index is 0.0215. The monoisotopic (exact) mass is 440 g/mol. The van der Waals surface area contributed by atoms with Crippen LogP contribution in [0.1, 0.15) is 28.2 Å². The zero-order valence-corrected chi connectivity index (χ0v) is 18.0. The molecule has 0 radical (unpaired) electrons. The predicted molar refractivity (Wildman–Crippen MR) is 116 cm³/mol. The van der Waals surface area contributed by atoms with Crippen molar-refractivity contribution in [3.05, 3.63) is 74.1 Å². The van der Waals surface area contributed by atoms with Crippen LogP contribution < -0.4 is 15.2 Å². The summed E-state index contributed by atoms with van der Waals surface area (Å²) in [7, 11) is 1.51. The standard InChI is InChI=1S/C22H18Cl2N4O2/c1-10-4-5-13(11(2)6-10)19-18-17(14-7-12(23)8-16(24)20(14)29-3)15(9-25)21(26)30-22(18)28-27-19/h4-8,17H,26H2,1-3H3,(H,27,28). The number of aryl methyl sites for hydroxylation is 2. The largest absolute Gasteiger partial charge is 0.495 e. The Bertz CT molecular complexity index is 1240. The molecule has 3 aromatic rings. The lowest BCUT2D eigenvalue weighted by molar-refractivity contribution is 0.375. The molecule has 1 aliphatic rings. The van der Waals surface area contributed by atoms with Crippen LogP contribution in [0.15, 0.2) is 41.8 Å². The molecule has 0 saturated heterocycles. The van der Waals surface area contributed by atoms with Gasteiger partial charge in [-0.2, -0.15) is 5.26 Å². The fraction of sp³-hybridized carbons (Fsp3) is 0.182. The predicted octanol–water partition coefficient (Wildman–Crippen LogP) is 5.23. The summed E-state index contributed by atoms with van der Waals surface area (Å²) < 4.78 is 11.2. The number of nitrogens with zero attached hydrogens (tertiary/aromatic N) is 2. The van der Waals surface area contributed by atoms with Gasteiger partial charge in [0.05, 0.1) is 29.3 Å². The van der Waals surface area contributed by atoms with Crippen molar-refractivity contribution in [1.29, 1.82) is 5.26 Å². The number of nitrogens with one attached hydrogen (secondary N) is 1. The van der Waals surface area contributed by atoms with Gasteiger partial charge in [-0.15, -0.1) is 5.10 Å². The van der Waals surface area contributed by atoms with Gasteiger partial charge < -0.3 is 15.2 Å². The number of fused-ring (bicyclic) bond motifs is 1. The van der Waals surface area contributed by atoms with Crippen molar-refractivity contribution >= 4 is 23.2 Å². The number of hydrogen-bond donors (Lipinski definition) is 2. The summed E-state index contributed by atoms with van der Waals surface area (Å²) in [5.41, 5.74) is 11.4. The van der Waals surface area contributed by atoms with E-state index in [1.165, 1.54) is 7.11 Å². The summed E-state index contributed by atoms with van der Waals surface area (Å²) in [5, 5.41) is 18.0. The Labute approximate surface area is 183 Å². The first-order valence-electron chi connectivity index (χ1n) is 9.12. The van der Waals surface area contributed by atoms with Gasteiger partial charge in [-0.25, -0.2) is 0 Å². The Kier molecular flexibility index (Phi) is 5.10. The molecule has 1 aliphatic heterocycles. The van der Waals surface area contributed by atoms with E-state index in [4.69, 9.17) is 38.4 Å². The van der Waals surface area contributed by atoms with Crippen molar-refractivity contribution in [2.75, 3.05) is 7.11 Å². The molecule has 0 spiro atoms. The first-order valence-corrected chi connectivity index (χ1v) is 9.87. The highest BCUT2D eigenvalue weighted by molar-refractivity contribution is 6.35. The lowest BCUT2D eigenvalue weighted by Crippen LogP contribution is -2.21. The molecule has 8 heteroatoms. The van der Waals surface area contributed by atoms with Crippen molar-refractivity contribution < 1.29 is 9.47 Å². The van der Waals surface area contributed by atoms with Crippen LogP contribution in [0.4, 0.5) is 0 Å². The van der Waals surface area contributed by atoms with Crippen molar-refractivity contribution in [2.24, 2.45) is 5.73 Å². The normalized spacial score (nSPS) is 15.4. The number of allylic oxidation sites excluding steroid dienone is 1. The molecule has 0 amide bonds. The van der Waals surface area contributed by atoms with Gasteiger partial charge in [-0.05, 0) is 31.5 Å². The van der Waals surface area contributed by atoms with E-state index >= 15 is 0 Å². The van der Waals surface area contributed by atoms with E-state index in [1.54, 1.807) is 12.1 Å². The average molecular weight is 441 g/mol. The number of methoxy groups -OCH3 is 1. The summed E-state index contributed by atoms with van der Waals surface area (Å²) in [6.07, 6.45) is 0.